The molecule has 0 unspecified atom stereocenters. The molecule has 9 heteroatoms. The van der Waals surface area contributed by atoms with Crippen LogP contribution in [0.15, 0.2) is 18.3 Å². The van der Waals surface area contributed by atoms with E-state index in [0.717, 1.165) is 36.2 Å². The van der Waals surface area contributed by atoms with E-state index in [1.807, 2.05) is 10.6 Å². The fourth-order valence-electron chi connectivity index (χ4n) is 3.54. The molecule has 1 aliphatic heterocycles. The number of nitrogens with two attached hydrogens (primary N) is 1. The van der Waals surface area contributed by atoms with Gasteiger partial charge in [0.2, 0.25) is 0 Å². The Balaban J connectivity index is 2.07. The van der Waals surface area contributed by atoms with Crippen molar-refractivity contribution < 1.29 is 19.0 Å². The van der Waals surface area contributed by atoms with Gasteiger partial charge in [0.05, 0.1) is 36.0 Å². The van der Waals surface area contributed by atoms with E-state index in [9.17, 15) is 4.79 Å². The van der Waals surface area contributed by atoms with Gasteiger partial charge in [-0.05, 0) is 30.5 Å². The van der Waals surface area contributed by atoms with Gasteiger partial charge in [0, 0.05) is 32.4 Å². The third kappa shape index (κ3) is 4.10. The van der Waals surface area contributed by atoms with Crippen LogP contribution in [0.1, 0.15) is 41.7 Å². The van der Waals surface area contributed by atoms with E-state index in [0.29, 0.717) is 24.8 Å². The number of carbonyl (C=O) groups excluding carboxylic acids is 1. The Bertz CT molecular complexity index is 957. The summed E-state index contributed by atoms with van der Waals surface area (Å²) in [5.41, 5.74) is 4.84. The lowest BCUT2D eigenvalue weighted by atomic mass is 9.94. The van der Waals surface area contributed by atoms with Crippen molar-refractivity contribution in [3.8, 4) is 23.0 Å². The average molecular weight is 401 g/mol. The second kappa shape index (κ2) is 9.06. The van der Waals surface area contributed by atoms with Crippen LogP contribution in [0.2, 0.25) is 0 Å². The molecule has 2 aromatic rings. The van der Waals surface area contributed by atoms with Crippen molar-refractivity contribution in [1.29, 1.82) is 5.41 Å². The van der Waals surface area contributed by atoms with E-state index in [1.54, 1.807) is 26.5 Å². The molecular formula is C20H27N5O4. The molecule has 156 valence electrons. The van der Waals surface area contributed by atoms with Crippen LogP contribution in [-0.4, -0.2) is 42.9 Å². The zero-order valence-electron chi connectivity index (χ0n) is 16.9. The molecule has 0 fully saturated rings. The number of amides is 1. The number of pyridine rings is 2. The zero-order chi connectivity index (χ0) is 21.0. The average Bonchev–Trinajstić information content (AvgIpc) is 2.74. The normalized spacial score (nSPS) is 14.7. The monoisotopic (exact) mass is 401 g/mol. The molecule has 0 radical (unpaired) electrons. The van der Waals surface area contributed by atoms with Crippen LogP contribution in [-0.2, 0) is 11.2 Å². The Morgan fingerprint density at radius 2 is 2.17 bits per heavy atom. The second-order valence-electron chi connectivity index (χ2n) is 6.83. The summed E-state index contributed by atoms with van der Waals surface area (Å²) in [6.07, 6.45) is 4.03. The van der Waals surface area contributed by atoms with Crippen molar-refractivity contribution in [3.05, 3.63) is 34.8 Å². The maximum atomic E-state index is 12.0. The van der Waals surface area contributed by atoms with E-state index in [4.69, 9.17) is 25.5 Å². The predicted octanol–water partition coefficient (Wildman–Crippen LogP) is 1.56. The van der Waals surface area contributed by atoms with Crippen LogP contribution < -0.4 is 26.1 Å². The molecule has 1 amide bonds. The fourth-order valence-corrected chi connectivity index (χ4v) is 3.54. The van der Waals surface area contributed by atoms with E-state index < -0.39 is 5.91 Å². The highest BCUT2D eigenvalue weighted by Gasteiger charge is 2.27. The first-order chi connectivity index (χ1) is 14.0. The van der Waals surface area contributed by atoms with Crippen molar-refractivity contribution in [1.82, 2.24) is 15.0 Å². The number of methoxy groups -OCH3 is 2. The fraction of sp³-hybridized carbons (Fsp3) is 0.450. The number of hydrogen-bond donors (Lipinski definition) is 3. The minimum atomic E-state index is -0.490. The molecule has 3 heterocycles. The van der Waals surface area contributed by atoms with Gasteiger partial charge >= 0.3 is 0 Å². The molecule has 1 atom stereocenters. The Hall–Kier alpha value is -2.91. The number of carbonyl (C=O) groups is 1. The van der Waals surface area contributed by atoms with Crippen LogP contribution in [0.3, 0.4) is 0 Å². The third-order valence-corrected chi connectivity index (χ3v) is 5.03. The van der Waals surface area contributed by atoms with Gasteiger partial charge < -0.3 is 18.8 Å². The van der Waals surface area contributed by atoms with E-state index >= 15 is 0 Å². The number of fused-ring (bicyclic) bond motifs is 3. The van der Waals surface area contributed by atoms with Crippen molar-refractivity contribution in [2.45, 2.75) is 32.2 Å². The van der Waals surface area contributed by atoms with Gasteiger partial charge in [0.1, 0.15) is 0 Å². The largest absolute Gasteiger partial charge is 0.488 e. The lowest BCUT2D eigenvalue weighted by Gasteiger charge is -2.30. The number of aromatic nitrogens is 2. The molecule has 3 rings (SSSR count). The standard InChI is InChI=1S/C20H27N5O4/c1-4-13-8-12-9-17(29-7-5-6-27-2)20(28-3)23-18(12)16-10-15(21)14(11-25(13)16)19(26)24-22/h9-11,13,21H,4-8,22H2,1-3H3,(H,24,26)/t13-/m1/s1. The maximum absolute atomic E-state index is 12.0. The number of nitrogens with zero attached hydrogens (tertiary/aromatic N) is 2. The van der Waals surface area contributed by atoms with Crippen molar-refractivity contribution >= 4 is 5.91 Å². The first-order valence-electron chi connectivity index (χ1n) is 9.55. The first-order valence-corrected chi connectivity index (χ1v) is 9.55. The lowest BCUT2D eigenvalue weighted by molar-refractivity contribution is 0.0951. The smallest absolute Gasteiger partial charge is 0.268 e. The summed E-state index contributed by atoms with van der Waals surface area (Å²) in [6.45, 7) is 3.21. The molecule has 4 N–H and O–H groups in total. The lowest BCUT2D eigenvalue weighted by Crippen LogP contribution is -2.35. The van der Waals surface area contributed by atoms with Gasteiger partial charge in [-0.2, -0.15) is 0 Å². The Morgan fingerprint density at radius 3 is 2.83 bits per heavy atom. The van der Waals surface area contributed by atoms with Gasteiger partial charge in [-0.3, -0.25) is 15.6 Å². The van der Waals surface area contributed by atoms with Crippen LogP contribution in [0.5, 0.6) is 11.6 Å². The second-order valence-corrected chi connectivity index (χ2v) is 6.83. The molecule has 0 bridgehead atoms. The SMILES string of the molecule is CC[C@@H]1Cc2cc(OCCCOC)c(OC)nc2-c2cc(=N)c(C(=O)NN)cn21. The molecule has 0 saturated carbocycles. The molecule has 2 aromatic heterocycles. The summed E-state index contributed by atoms with van der Waals surface area (Å²) in [5.74, 6) is 5.75. The van der Waals surface area contributed by atoms with Crippen LogP contribution in [0.25, 0.3) is 11.4 Å². The van der Waals surface area contributed by atoms with E-state index in [-0.39, 0.29) is 17.0 Å². The van der Waals surface area contributed by atoms with Gasteiger partial charge in [-0.15, -0.1) is 0 Å². The quantitative estimate of drug-likeness (QED) is 0.267. The minimum absolute atomic E-state index is 0.0857. The van der Waals surface area contributed by atoms with Crippen LogP contribution in [0, 0.1) is 5.41 Å². The van der Waals surface area contributed by atoms with Crippen LogP contribution >= 0.6 is 0 Å². The van der Waals surface area contributed by atoms with Gasteiger partial charge in [-0.25, -0.2) is 10.8 Å². The first kappa shape index (κ1) is 20.8. The molecule has 9 nitrogen and oxygen atoms in total. The van der Waals surface area contributed by atoms with Crippen LogP contribution in [0.4, 0.5) is 0 Å². The summed E-state index contributed by atoms with van der Waals surface area (Å²) >= 11 is 0. The topological polar surface area (TPSA) is 124 Å². The van der Waals surface area contributed by atoms with Crippen molar-refractivity contribution in [2.75, 3.05) is 27.4 Å². The highest BCUT2D eigenvalue weighted by atomic mass is 16.5. The summed E-state index contributed by atoms with van der Waals surface area (Å²) in [4.78, 5) is 16.7. The molecule has 0 spiro atoms. The summed E-state index contributed by atoms with van der Waals surface area (Å²) in [7, 11) is 3.21. The Morgan fingerprint density at radius 1 is 1.38 bits per heavy atom. The number of rotatable bonds is 8. The zero-order valence-corrected chi connectivity index (χ0v) is 16.9. The molecular weight excluding hydrogens is 374 g/mol. The van der Waals surface area contributed by atoms with Gasteiger partial charge in [-0.1, -0.05) is 6.92 Å². The molecule has 0 aliphatic carbocycles. The molecule has 0 saturated heterocycles. The summed E-state index contributed by atoms with van der Waals surface area (Å²) in [5, 5.41) is 8.34. The van der Waals surface area contributed by atoms with Gasteiger partial charge in [0.25, 0.3) is 11.8 Å². The van der Waals surface area contributed by atoms with Crippen molar-refractivity contribution in [3.63, 3.8) is 0 Å². The van der Waals surface area contributed by atoms with E-state index in [1.165, 1.54) is 0 Å². The number of hydrogen-bond acceptors (Lipinski definition) is 7. The highest BCUT2D eigenvalue weighted by Crippen LogP contribution is 2.39. The number of nitrogens with one attached hydrogen (secondary N) is 2. The Kier molecular flexibility index (Phi) is 6.50. The number of hydrazine groups is 1. The predicted molar refractivity (Wildman–Crippen MR) is 107 cm³/mol. The Labute approximate surface area is 169 Å². The highest BCUT2D eigenvalue weighted by molar-refractivity contribution is 5.93. The molecule has 0 aromatic carbocycles. The third-order valence-electron chi connectivity index (χ3n) is 5.03. The number of ether oxygens (including phenoxy) is 3. The summed E-state index contributed by atoms with van der Waals surface area (Å²) < 4.78 is 18.4. The number of nitrogen functional groups attached to an aromatic ring is 1. The summed E-state index contributed by atoms with van der Waals surface area (Å²) in [6, 6.07) is 3.74. The molecule has 29 heavy (non-hydrogen) atoms. The van der Waals surface area contributed by atoms with Gasteiger partial charge in [0.15, 0.2) is 5.75 Å². The van der Waals surface area contributed by atoms with Crippen molar-refractivity contribution in [2.24, 2.45) is 5.84 Å². The minimum Gasteiger partial charge on any atom is -0.488 e. The van der Waals surface area contributed by atoms with E-state index in [2.05, 4.69) is 17.3 Å². The molecule has 1 aliphatic rings. The maximum Gasteiger partial charge on any atom is 0.268 e.